The van der Waals surface area contributed by atoms with Crippen LogP contribution >= 0.6 is 11.6 Å². The second kappa shape index (κ2) is 3.35. The highest BCUT2D eigenvalue weighted by Crippen LogP contribution is 2.20. The number of hydrogen-bond donors (Lipinski definition) is 0. The SMILES string of the molecule is CCc1ccnc2cc(Cl)ccc12. The molecule has 0 aliphatic heterocycles. The summed E-state index contributed by atoms with van der Waals surface area (Å²) in [7, 11) is 0. The van der Waals surface area contributed by atoms with E-state index in [2.05, 4.69) is 18.0 Å². The largest absolute Gasteiger partial charge is 0.256 e. The molecule has 1 aromatic carbocycles. The second-order valence-corrected chi connectivity index (χ2v) is 3.42. The third-order valence-corrected chi connectivity index (χ3v) is 2.41. The van der Waals surface area contributed by atoms with Crippen molar-refractivity contribution in [2.45, 2.75) is 13.3 Å². The van der Waals surface area contributed by atoms with E-state index in [1.807, 2.05) is 24.4 Å². The third-order valence-electron chi connectivity index (χ3n) is 2.18. The van der Waals surface area contributed by atoms with Gasteiger partial charge in [0.1, 0.15) is 0 Å². The van der Waals surface area contributed by atoms with Gasteiger partial charge in [0.15, 0.2) is 0 Å². The third kappa shape index (κ3) is 1.52. The van der Waals surface area contributed by atoms with Crippen LogP contribution in [0.25, 0.3) is 10.9 Å². The lowest BCUT2D eigenvalue weighted by Gasteiger charge is -2.02. The van der Waals surface area contributed by atoms with E-state index in [1.165, 1.54) is 10.9 Å². The van der Waals surface area contributed by atoms with Crippen molar-refractivity contribution in [2.24, 2.45) is 0 Å². The minimum atomic E-state index is 0.744. The highest BCUT2D eigenvalue weighted by Gasteiger charge is 1.99. The fraction of sp³-hybridized carbons (Fsp3) is 0.182. The van der Waals surface area contributed by atoms with Gasteiger partial charge in [-0.1, -0.05) is 24.6 Å². The van der Waals surface area contributed by atoms with Crippen LogP contribution in [0.15, 0.2) is 30.5 Å². The molecule has 0 aliphatic carbocycles. The maximum absolute atomic E-state index is 5.87. The first-order chi connectivity index (χ1) is 6.31. The minimum Gasteiger partial charge on any atom is -0.256 e. The van der Waals surface area contributed by atoms with E-state index in [4.69, 9.17) is 11.6 Å². The normalized spacial score (nSPS) is 10.6. The van der Waals surface area contributed by atoms with Crippen molar-refractivity contribution in [3.05, 3.63) is 41.0 Å². The Morgan fingerprint density at radius 1 is 1.31 bits per heavy atom. The number of fused-ring (bicyclic) bond motifs is 1. The van der Waals surface area contributed by atoms with Crippen LogP contribution in [0.3, 0.4) is 0 Å². The zero-order valence-electron chi connectivity index (χ0n) is 7.42. The Kier molecular flexibility index (Phi) is 2.19. The van der Waals surface area contributed by atoms with Crippen molar-refractivity contribution >= 4 is 22.5 Å². The molecular formula is C11H10ClN. The molecule has 2 heteroatoms. The summed E-state index contributed by atoms with van der Waals surface area (Å²) in [6.07, 6.45) is 2.86. The van der Waals surface area contributed by atoms with Crippen molar-refractivity contribution in [1.29, 1.82) is 0 Å². The topological polar surface area (TPSA) is 12.9 Å². The molecule has 0 spiro atoms. The van der Waals surface area contributed by atoms with Gasteiger partial charge in [0.25, 0.3) is 0 Å². The number of aryl methyl sites for hydroxylation is 1. The predicted octanol–water partition coefficient (Wildman–Crippen LogP) is 3.45. The maximum atomic E-state index is 5.87. The minimum absolute atomic E-state index is 0.744. The van der Waals surface area contributed by atoms with Crippen molar-refractivity contribution < 1.29 is 0 Å². The molecule has 0 unspecified atom stereocenters. The lowest BCUT2D eigenvalue weighted by atomic mass is 10.1. The van der Waals surface area contributed by atoms with Gasteiger partial charge in [-0.05, 0) is 30.2 Å². The highest BCUT2D eigenvalue weighted by atomic mass is 35.5. The molecule has 2 rings (SSSR count). The van der Waals surface area contributed by atoms with E-state index in [0.29, 0.717) is 0 Å². The smallest absolute Gasteiger partial charge is 0.0719 e. The Morgan fingerprint density at radius 3 is 2.92 bits per heavy atom. The highest BCUT2D eigenvalue weighted by molar-refractivity contribution is 6.31. The Labute approximate surface area is 82.4 Å². The number of pyridine rings is 1. The summed E-state index contributed by atoms with van der Waals surface area (Å²) < 4.78 is 0. The van der Waals surface area contributed by atoms with Gasteiger partial charge in [-0.25, -0.2) is 0 Å². The predicted molar refractivity (Wildman–Crippen MR) is 56.1 cm³/mol. The second-order valence-electron chi connectivity index (χ2n) is 2.99. The summed E-state index contributed by atoms with van der Waals surface area (Å²) in [5.74, 6) is 0. The zero-order chi connectivity index (χ0) is 9.26. The van der Waals surface area contributed by atoms with Crippen LogP contribution in [0.4, 0.5) is 0 Å². The molecule has 2 aromatic rings. The van der Waals surface area contributed by atoms with E-state index in [-0.39, 0.29) is 0 Å². The summed E-state index contributed by atoms with van der Waals surface area (Å²) in [5.41, 5.74) is 2.30. The Balaban J connectivity index is 2.77. The van der Waals surface area contributed by atoms with Crippen LogP contribution in [-0.2, 0) is 6.42 Å². The van der Waals surface area contributed by atoms with Crippen molar-refractivity contribution in [2.75, 3.05) is 0 Å². The van der Waals surface area contributed by atoms with Gasteiger partial charge in [-0.2, -0.15) is 0 Å². The van der Waals surface area contributed by atoms with Gasteiger partial charge in [0, 0.05) is 16.6 Å². The molecule has 1 nitrogen and oxygen atoms in total. The van der Waals surface area contributed by atoms with Gasteiger partial charge >= 0.3 is 0 Å². The molecule has 1 heterocycles. The summed E-state index contributed by atoms with van der Waals surface area (Å²) >= 11 is 5.87. The fourth-order valence-corrected chi connectivity index (χ4v) is 1.66. The number of nitrogens with zero attached hydrogens (tertiary/aromatic N) is 1. The lowest BCUT2D eigenvalue weighted by molar-refractivity contribution is 1.15. The number of hydrogen-bond acceptors (Lipinski definition) is 1. The van der Waals surface area contributed by atoms with Gasteiger partial charge < -0.3 is 0 Å². The van der Waals surface area contributed by atoms with E-state index in [0.717, 1.165) is 17.0 Å². The summed E-state index contributed by atoms with van der Waals surface area (Å²) in [4.78, 5) is 4.27. The van der Waals surface area contributed by atoms with Crippen LogP contribution in [-0.4, -0.2) is 4.98 Å². The first-order valence-electron chi connectivity index (χ1n) is 4.34. The van der Waals surface area contributed by atoms with Crippen molar-refractivity contribution in [3.8, 4) is 0 Å². The van der Waals surface area contributed by atoms with E-state index >= 15 is 0 Å². The van der Waals surface area contributed by atoms with Crippen molar-refractivity contribution in [3.63, 3.8) is 0 Å². The Morgan fingerprint density at radius 2 is 2.15 bits per heavy atom. The van der Waals surface area contributed by atoms with Crippen LogP contribution in [0.1, 0.15) is 12.5 Å². The summed E-state index contributed by atoms with van der Waals surface area (Å²) in [6.45, 7) is 2.14. The molecule has 0 saturated heterocycles. The molecule has 13 heavy (non-hydrogen) atoms. The Bertz CT molecular complexity index is 437. The van der Waals surface area contributed by atoms with E-state index in [9.17, 15) is 0 Å². The molecule has 1 aromatic heterocycles. The molecule has 0 aliphatic rings. The van der Waals surface area contributed by atoms with Gasteiger partial charge in [-0.15, -0.1) is 0 Å². The number of rotatable bonds is 1. The molecule has 0 N–H and O–H groups in total. The maximum Gasteiger partial charge on any atom is 0.0719 e. The molecule has 0 amide bonds. The van der Waals surface area contributed by atoms with Crippen LogP contribution < -0.4 is 0 Å². The van der Waals surface area contributed by atoms with Crippen LogP contribution in [0.5, 0.6) is 0 Å². The number of benzene rings is 1. The number of aromatic nitrogens is 1. The van der Waals surface area contributed by atoms with Gasteiger partial charge in [0.05, 0.1) is 5.52 Å². The Hall–Kier alpha value is -1.08. The van der Waals surface area contributed by atoms with Gasteiger partial charge in [-0.3, -0.25) is 4.98 Å². The van der Waals surface area contributed by atoms with Crippen molar-refractivity contribution in [1.82, 2.24) is 4.98 Å². The van der Waals surface area contributed by atoms with E-state index < -0.39 is 0 Å². The molecule has 0 saturated carbocycles. The quantitative estimate of drug-likeness (QED) is 0.673. The standard InChI is InChI=1S/C11H10ClN/c1-2-8-5-6-13-11-7-9(12)3-4-10(8)11/h3-7H,2H2,1H3. The van der Waals surface area contributed by atoms with Crippen LogP contribution in [0.2, 0.25) is 5.02 Å². The van der Waals surface area contributed by atoms with E-state index in [1.54, 1.807) is 0 Å². The van der Waals surface area contributed by atoms with Gasteiger partial charge in [0.2, 0.25) is 0 Å². The molecule has 0 bridgehead atoms. The monoisotopic (exact) mass is 191 g/mol. The molecule has 0 fully saturated rings. The lowest BCUT2D eigenvalue weighted by Crippen LogP contribution is -1.85. The molecule has 0 radical (unpaired) electrons. The summed E-state index contributed by atoms with van der Waals surface area (Å²) in [6, 6.07) is 7.89. The summed E-state index contributed by atoms with van der Waals surface area (Å²) in [5, 5.41) is 1.95. The first-order valence-corrected chi connectivity index (χ1v) is 4.72. The average molecular weight is 192 g/mol. The fourth-order valence-electron chi connectivity index (χ4n) is 1.49. The number of halogens is 1. The molecule has 0 atom stereocenters. The van der Waals surface area contributed by atoms with Crippen LogP contribution in [0, 0.1) is 0 Å². The molecular weight excluding hydrogens is 182 g/mol. The average Bonchev–Trinajstić information content (AvgIpc) is 2.16. The first kappa shape index (κ1) is 8.52. The zero-order valence-corrected chi connectivity index (χ0v) is 8.17. The molecule has 66 valence electrons.